The minimum absolute atomic E-state index is 0.451. The molecule has 0 aliphatic carbocycles. The number of carbonyl (C=O) groups is 1. The van der Waals surface area contributed by atoms with E-state index in [2.05, 4.69) is 12.2 Å². The Balaban J connectivity index is 2.60. The Kier molecular flexibility index (Phi) is 5.33. The fraction of sp³-hybridized carbons (Fsp3) is 0.462. The maximum atomic E-state index is 11.2. The molecular weight excluding hydrogens is 214 g/mol. The molecule has 0 bridgehead atoms. The van der Waals surface area contributed by atoms with E-state index in [1.807, 2.05) is 0 Å². The molecule has 0 atom stereocenters. The van der Waals surface area contributed by atoms with Crippen LogP contribution in [0, 0.1) is 0 Å². The van der Waals surface area contributed by atoms with Crippen LogP contribution in [0.5, 0.6) is 0 Å². The van der Waals surface area contributed by atoms with Crippen LogP contribution in [0.25, 0.3) is 0 Å². The highest BCUT2D eigenvalue weighted by atomic mass is 16.1. The van der Waals surface area contributed by atoms with Gasteiger partial charge < -0.3 is 16.8 Å². The molecule has 17 heavy (non-hydrogen) atoms. The first-order valence-electron chi connectivity index (χ1n) is 6.09. The molecule has 0 spiro atoms. The summed E-state index contributed by atoms with van der Waals surface area (Å²) in [7, 11) is 0. The standard InChI is InChI=1S/C13H21N3O/c1-2-3-4-5-9-16-12-10(13(15)17)7-6-8-11(12)14/h6-8,16H,2-5,9,14H2,1H3,(H2,15,17). The number of hydrogen-bond donors (Lipinski definition) is 3. The Morgan fingerprint density at radius 1 is 1.29 bits per heavy atom. The highest BCUT2D eigenvalue weighted by molar-refractivity contribution is 6.01. The summed E-state index contributed by atoms with van der Waals surface area (Å²) in [4.78, 5) is 11.2. The number of para-hydroxylation sites is 1. The Hall–Kier alpha value is -1.71. The summed E-state index contributed by atoms with van der Waals surface area (Å²) in [5.74, 6) is -0.451. The van der Waals surface area contributed by atoms with Gasteiger partial charge in [-0.1, -0.05) is 32.3 Å². The van der Waals surface area contributed by atoms with Crippen molar-refractivity contribution in [3.8, 4) is 0 Å². The average Bonchev–Trinajstić information content (AvgIpc) is 2.30. The SMILES string of the molecule is CCCCCCNc1c(N)cccc1C(N)=O. The number of anilines is 2. The number of rotatable bonds is 7. The van der Waals surface area contributed by atoms with E-state index in [4.69, 9.17) is 11.5 Å². The molecule has 0 aliphatic heterocycles. The van der Waals surface area contributed by atoms with Crippen molar-refractivity contribution in [2.75, 3.05) is 17.6 Å². The first-order valence-corrected chi connectivity index (χ1v) is 6.09. The van der Waals surface area contributed by atoms with Gasteiger partial charge in [0.15, 0.2) is 0 Å². The quantitative estimate of drug-likeness (QED) is 0.501. The number of carbonyl (C=O) groups excluding carboxylic acids is 1. The third-order valence-electron chi connectivity index (χ3n) is 2.69. The van der Waals surface area contributed by atoms with Crippen LogP contribution in [0.3, 0.4) is 0 Å². The molecule has 1 aromatic rings. The predicted molar refractivity (Wildman–Crippen MR) is 72.0 cm³/mol. The summed E-state index contributed by atoms with van der Waals surface area (Å²) in [6.07, 6.45) is 4.69. The second-order valence-electron chi connectivity index (χ2n) is 4.12. The predicted octanol–water partition coefficient (Wildman–Crippen LogP) is 2.36. The number of primary amides is 1. The van der Waals surface area contributed by atoms with Crippen molar-refractivity contribution in [3.05, 3.63) is 23.8 Å². The summed E-state index contributed by atoms with van der Waals surface area (Å²) >= 11 is 0. The molecule has 4 nitrogen and oxygen atoms in total. The Morgan fingerprint density at radius 2 is 2.06 bits per heavy atom. The van der Waals surface area contributed by atoms with Crippen LogP contribution in [0.1, 0.15) is 43.0 Å². The molecule has 0 heterocycles. The van der Waals surface area contributed by atoms with Crippen LogP contribution >= 0.6 is 0 Å². The van der Waals surface area contributed by atoms with Gasteiger partial charge >= 0.3 is 0 Å². The molecular formula is C13H21N3O. The molecule has 0 aliphatic rings. The number of unbranched alkanes of at least 4 members (excludes halogenated alkanes) is 3. The molecule has 4 heteroatoms. The monoisotopic (exact) mass is 235 g/mol. The molecule has 1 rings (SSSR count). The van der Waals surface area contributed by atoms with Crippen molar-refractivity contribution in [2.24, 2.45) is 5.73 Å². The van der Waals surface area contributed by atoms with Gasteiger partial charge in [-0.2, -0.15) is 0 Å². The topological polar surface area (TPSA) is 81.1 Å². The number of hydrogen-bond acceptors (Lipinski definition) is 3. The molecule has 0 fully saturated rings. The lowest BCUT2D eigenvalue weighted by Crippen LogP contribution is -2.16. The van der Waals surface area contributed by atoms with E-state index in [1.54, 1.807) is 18.2 Å². The molecule has 1 aromatic carbocycles. The molecule has 0 saturated heterocycles. The number of benzene rings is 1. The van der Waals surface area contributed by atoms with Gasteiger partial charge in [0, 0.05) is 6.54 Å². The van der Waals surface area contributed by atoms with Crippen LogP contribution in [-0.4, -0.2) is 12.5 Å². The van der Waals surface area contributed by atoms with Crippen molar-refractivity contribution in [1.82, 2.24) is 0 Å². The lowest BCUT2D eigenvalue weighted by Gasteiger charge is -2.12. The minimum atomic E-state index is -0.451. The second-order valence-corrected chi connectivity index (χ2v) is 4.12. The van der Waals surface area contributed by atoms with Crippen LogP contribution < -0.4 is 16.8 Å². The fourth-order valence-electron chi connectivity index (χ4n) is 1.74. The van der Waals surface area contributed by atoms with Gasteiger partial charge in [0.05, 0.1) is 16.9 Å². The van der Waals surface area contributed by atoms with Gasteiger partial charge in [0.25, 0.3) is 5.91 Å². The highest BCUT2D eigenvalue weighted by Gasteiger charge is 2.09. The number of nitrogen functional groups attached to an aromatic ring is 1. The van der Waals surface area contributed by atoms with Gasteiger partial charge in [-0.15, -0.1) is 0 Å². The molecule has 0 saturated carbocycles. The smallest absolute Gasteiger partial charge is 0.250 e. The van der Waals surface area contributed by atoms with Crippen LogP contribution in [-0.2, 0) is 0 Å². The minimum Gasteiger partial charge on any atom is -0.397 e. The van der Waals surface area contributed by atoms with Crippen LogP contribution in [0.4, 0.5) is 11.4 Å². The first-order chi connectivity index (χ1) is 8.16. The molecule has 0 radical (unpaired) electrons. The van der Waals surface area contributed by atoms with E-state index in [-0.39, 0.29) is 0 Å². The lowest BCUT2D eigenvalue weighted by molar-refractivity contribution is 0.100. The summed E-state index contributed by atoms with van der Waals surface area (Å²) in [5, 5.41) is 3.20. The molecule has 0 unspecified atom stereocenters. The van der Waals surface area contributed by atoms with Crippen molar-refractivity contribution in [1.29, 1.82) is 0 Å². The molecule has 94 valence electrons. The van der Waals surface area contributed by atoms with E-state index in [0.29, 0.717) is 16.9 Å². The van der Waals surface area contributed by atoms with Crippen molar-refractivity contribution >= 4 is 17.3 Å². The normalized spacial score (nSPS) is 10.2. The third kappa shape index (κ3) is 3.98. The zero-order valence-electron chi connectivity index (χ0n) is 10.3. The number of nitrogens with two attached hydrogens (primary N) is 2. The van der Waals surface area contributed by atoms with E-state index >= 15 is 0 Å². The Labute approximate surface area is 102 Å². The van der Waals surface area contributed by atoms with E-state index in [0.717, 1.165) is 13.0 Å². The number of amides is 1. The van der Waals surface area contributed by atoms with Crippen molar-refractivity contribution < 1.29 is 4.79 Å². The van der Waals surface area contributed by atoms with Gasteiger partial charge in [-0.25, -0.2) is 0 Å². The summed E-state index contributed by atoms with van der Waals surface area (Å²) < 4.78 is 0. The fourth-order valence-corrected chi connectivity index (χ4v) is 1.74. The molecule has 1 amide bonds. The maximum absolute atomic E-state index is 11.2. The van der Waals surface area contributed by atoms with Crippen molar-refractivity contribution in [3.63, 3.8) is 0 Å². The average molecular weight is 235 g/mol. The molecule has 0 aromatic heterocycles. The van der Waals surface area contributed by atoms with Crippen LogP contribution in [0.15, 0.2) is 18.2 Å². The van der Waals surface area contributed by atoms with Gasteiger partial charge in [-0.3, -0.25) is 4.79 Å². The third-order valence-corrected chi connectivity index (χ3v) is 2.69. The Morgan fingerprint density at radius 3 is 2.71 bits per heavy atom. The highest BCUT2D eigenvalue weighted by Crippen LogP contribution is 2.23. The van der Waals surface area contributed by atoms with Gasteiger partial charge in [-0.05, 0) is 18.6 Å². The second kappa shape index (κ2) is 6.78. The van der Waals surface area contributed by atoms with Crippen LogP contribution in [0.2, 0.25) is 0 Å². The maximum Gasteiger partial charge on any atom is 0.250 e. The first kappa shape index (κ1) is 13.4. The number of nitrogens with one attached hydrogen (secondary N) is 1. The summed E-state index contributed by atoms with van der Waals surface area (Å²) in [6, 6.07) is 5.19. The largest absolute Gasteiger partial charge is 0.397 e. The van der Waals surface area contributed by atoms with Gasteiger partial charge in [0.1, 0.15) is 0 Å². The van der Waals surface area contributed by atoms with E-state index in [1.165, 1.54) is 19.3 Å². The summed E-state index contributed by atoms with van der Waals surface area (Å²) in [5.41, 5.74) is 12.8. The summed E-state index contributed by atoms with van der Waals surface area (Å²) in [6.45, 7) is 2.99. The zero-order chi connectivity index (χ0) is 12.7. The van der Waals surface area contributed by atoms with Crippen molar-refractivity contribution in [2.45, 2.75) is 32.6 Å². The Bertz CT molecular complexity index is 377. The van der Waals surface area contributed by atoms with E-state index < -0.39 is 5.91 Å². The van der Waals surface area contributed by atoms with Gasteiger partial charge in [0.2, 0.25) is 0 Å². The molecule has 5 N–H and O–H groups in total. The van der Waals surface area contributed by atoms with E-state index in [9.17, 15) is 4.79 Å². The lowest BCUT2D eigenvalue weighted by atomic mass is 10.1. The zero-order valence-corrected chi connectivity index (χ0v) is 10.3.